The number of aliphatic hydroxyl groups is 1. The van der Waals surface area contributed by atoms with Crippen LogP contribution in [0.15, 0.2) is 18.2 Å². The molecule has 0 fully saturated rings. The Bertz CT molecular complexity index is 592. The molecule has 1 amide bonds. The quantitative estimate of drug-likeness (QED) is 0.456. The molecule has 0 bridgehead atoms. The van der Waals surface area contributed by atoms with Gasteiger partial charge in [-0.1, -0.05) is 25.8 Å². The van der Waals surface area contributed by atoms with Crippen molar-refractivity contribution in [2.45, 2.75) is 66.1 Å². The topological polar surface area (TPSA) is 76.1 Å². The van der Waals surface area contributed by atoms with Gasteiger partial charge in [-0.3, -0.25) is 9.69 Å². The summed E-state index contributed by atoms with van der Waals surface area (Å²) in [4.78, 5) is 25.6. The van der Waals surface area contributed by atoms with Crippen LogP contribution in [0.3, 0.4) is 0 Å². The van der Waals surface area contributed by atoms with Crippen LogP contribution in [-0.2, 0) is 16.1 Å². The van der Waals surface area contributed by atoms with Gasteiger partial charge in [0.05, 0.1) is 12.3 Å². The third kappa shape index (κ3) is 7.13. The van der Waals surface area contributed by atoms with Crippen LogP contribution in [0.25, 0.3) is 0 Å². The molecule has 0 heterocycles. The maximum Gasteiger partial charge on any atom is 0.414 e. The van der Waals surface area contributed by atoms with Gasteiger partial charge in [0, 0.05) is 13.5 Å². The van der Waals surface area contributed by atoms with Gasteiger partial charge in [0.15, 0.2) is 5.75 Å². The molecule has 0 unspecified atom stereocenters. The SMILES string of the molecule is CCCCCN(C(=O)OC(C)(C)C)c1cc(CO)ccc1OC(C)=O. The molecule has 0 aromatic heterocycles. The molecule has 6 nitrogen and oxygen atoms in total. The van der Waals surface area contributed by atoms with Gasteiger partial charge in [-0.15, -0.1) is 0 Å². The van der Waals surface area contributed by atoms with Gasteiger partial charge in [-0.25, -0.2) is 4.79 Å². The Hall–Kier alpha value is -2.08. The lowest BCUT2D eigenvalue weighted by Crippen LogP contribution is -2.38. The van der Waals surface area contributed by atoms with Crippen molar-refractivity contribution >= 4 is 17.7 Å². The molecule has 1 N–H and O–H groups in total. The van der Waals surface area contributed by atoms with Crippen LogP contribution in [0.1, 0.15) is 59.4 Å². The summed E-state index contributed by atoms with van der Waals surface area (Å²) in [7, 11) is 0. The smallest absolute Gasteiger partial charge is 0.414 e. The number of carbonyl (C=O) groups excluding carboxylic acids is 2. The average molecular weight is 351 g/mol. The third-order valence-corrected chi connectivity index (χ3v) is 3.35. The fourth-order valence-corrected chi connectivity index (χ4v) is 2.26. The molecule has 0 aliphatic carbocycles. The molecule has 25 heavy (non-hydrogen) atoms. The van der Waals surface area contributed by atoms with E-state index in [1.165, 1.54) is 11.8 Å². The van der Waals surface area contributed by atoms with Crippen LogP contribution in [0.5, 0.6) is 5.75 Å². The molecular weight excluding hydrogens is 322 g/mol. The first-order chi connectivity index (χ1) is 11.7. The molecule has 0 atom stereocenters. The number of benzene rings is 1. The van der Waals surface area contributed by atoms with Crippen molar-refractivity contribution in [3.63, 3.8) is 0 Å². The highest BCUT2D eigenvalue weighted by atomic mass is 16.6. The summed E-state index contributed by atoms with van der Waals surface area (Å²) < 4.78 is 10.7. The fraction of sp³-hybridized carbons (Fsp3) is 0.579. The van der Waals surface area contributed by atoms with Crippen molar-refractivity contribution in [3.8, 4) is 5.75 Å². The number of rotatable bonds is 7. The van der Waals surface area contributed by atoms with Crippen molar-refractivity contribution in [2.24, 2.45) is 0 Å². The molecular formula is C19H29NO5. The minimum atomic E-state index is -0.643. The van der Waals surface area contributed by atoms with E-state index in [2.05, 4.69) is 6.92 Å². The lowest BCUT2D eigenvalue weighted by atomic mass is 10.1. The maximum atomic E-state index is 12.7. The van der Waals surface area contributed by atoms with Crippen LogP contribution in [0.4, 0.5) is 10.5 Å². The number of nitrogens with zero attached hydrogens (tertiary/aromatic N) is 1. The Morgan fingerprint density at radius 1 is 1.20 bits per heavy atom. The average Bonchev–Trinajstić information content (AvgIpc) is 2.50. The largest absolute Gasteiger partial charge is 0.443 e. The Morgan fingerprint density at radius 2 is 1.88 bits per heavy atom. The highest BCUT2D eigenvalue weighted by Gasteiger charge is 2.26. The van der Waals surface area contributed by atoms with Crippen LogP contribution in [0, 0.1) is 0 Å². The molecule has 0 spiro atoms. The van der Waals surface area contributed by atoms with Crippen molar-refractivity contribution < 1.29 is 24.2 Å². The minimum Gasteiger partial charge on any atom is -0.443 e. The highest BCUT2D eigenvalue weighted by Crippen LogP contribution is 2.31. The normalized spacial score (nSPS) is 11.1. The second kappa shape index (κ2) is 9.42. The van der Waals surface area contributed by atoms with Crippen molar-refractivity contribution in [1.82, 2.24) is 0 Å². The van der Waals surface area contributed by atoms with E-state index in [-0.39, 0.29) is 12.4 Å². The van der Waals surface area contributed by atoms with Gasteiger partial charge in [0.1, 0.15) is 5.60 Å². The van der Waals surface area contributed by atoms with E-state index in [0.29, 0.717) is 17.8 Å². The number of amides is 1. The molecule has 0 radical (unpaired) electrons. The molecule has 0 saturated carbocycles. The lowest BCUT2D eigenvalue weighted by Gasteiger charge is -2.28. The number of unbranched alkanes of at least 4 members (excludes halogenated alkanes) is 2. The second-order valence-electron chi connectivity index (χ2n) is 6.89. The van der Waals surface area contributed by atoms with Crippen molar-refractivity contribution in [1.29, 1.82) is 0 Å². The van der Waals surface area contributed by atoms with Gasteiger partial charge < -0.3 is 14.6 Å². The first-order valence-electron chi connectivity index (χ1n) is 8.60. The predicted molar refractivity (Wildman–Crippen MR) is 96.8 cm³/mol. The summed E-state index contributed by atoms with van der Waals surface area (Å²) >= 11 is 0. The van der Waals surface area contributed by atoms with Crippen LogP contribution >= 0.6 is 0 Å². The number of carbonyl (C=O) groups is 2. The lowest BCUT2D eigenvalue weighted by molar-refractivity contribution is -0.131. The number of ether oxygens (including phenoxy) is 2. The molecule has 1 rings (SSSR count). The molecule has 0 aliphatic rings. The Labute approximate surface area is 149 Å². The second-order valence-corrected chi connectivity index (χ2v) is 6.89. The summed E-state index contributed by atoms with van der Waals surface area (Å²) in [6, 6.07) is 4.88. The Morgan fingerprint density at radius 3 is 2.40 bits per heavy atom. The Balaban J connectivity index is 3.25. The molecule has 1 aromatic carbocycles. The molecule has 6 heteroatoms. The zero-order valence-electron chi connectivity index (χ0n) is 15.8. The monoisotopic (exact) mass is 351 g/mol. The van der Waals surface area contributed by atoms with E-state index < -0.39 is 17.7 Å². The minimum absolute atomic E-state index is 0.176. The number of esters is 1. The van der Waals surface area contributed by atoms with Crippen LogP contribution in [0.2, 0.25) is 0 Å². The zero-order chi connectivity index (χ0) is 19.0. The molecule has 0 aliphatic heterocycles. The van der Waals surface area contributed by atoms with Crippen molar-refractivity contribution in [2.75, 3.05) is 11.4 Å². The van der Waals surface area contributed by atoms with Gasteiger partial charge in [0.2, 0.25) is 0 Å². The standard InChI is InChI=1S/C19H29NO5/c1-6-7-8-11-20(18(23)25-19(3,4)5)16-12-15(13-21)9-10-17(16)24-14(2)22/h9-10,12,21H,6-8,11,13H2,1-5H3. The van der Waals surface area contributed by atoms with E-state index >= 15 is 0 Å². The van der Waals surface area contributed by atoms with Gasteiger partial charge >= 0.3 is 12.1 Å². The van der Waals surface area contributed by atoms with Crippen molar-refractivity contribution in [3.05, 3.63) is 23.8 Å². The summed E-state index contributed by atoms with van der Waals surface area (Å²) in [6.45, 7) is 9.04. The van der Waals surface area contributed by atoms with Crippen LogP contribution < -0.4 is 9.64 Å². The van der Waals surface area contributed by atoms with E-state index in [9.17, 15) is 14.7 Å². The van der Waals surface area contributed by atoms with Gasteiger partial charge in [0.25, 0.3) is 0 Å². The Kier molecular flexibility index (Phi) is 7.90. The summed E-state index contributed by atoms with van der Waals surface area (Å²) in [5, 5.41) is 9.41. The summed E-state index contributed by atoms with van der Waals surface area (Å²) in [6.07, 6.45) is 2.25. The number of anilines is 1. The number of hydrogen-bond acceptors (Lipinski definition) is 5. The van der Waals surface area contributed by atoms with E-state index in [1.807, 2.05) is 0 Å². The third-order valence-electron chi connectivity index (χ3n) is 3.35. The first kappa shape index (κ1) is 21.0. The fourth-order valence-electron chi connectivity index (χ4n) is 2.26. The van der Waals surface area contributed by atoms with Gasteiger partial charge in [-0.2, -0.15) is 0 Å². The zero-order valence-corrected chi connectivity index (χ0v) is 15.8. The van der Waals surface area contributed by atoms with E-state index in [1.54, 1.807) is 39.0 Å². The van der Waals surface area contributed by atoms with E-state index in [4.69, 9.17) is 9.47 Å². The molecule has 0 saturated heterocycles. The predicted octanol–water partition coefficient (Wildman–Crippen LogP) is 4.04. The number of hydrogen-bond donors (Lipinski definition) is 1. The summed E-state index contributed by atoms with van der Waals surface area (Å²) in [5.74, 6) is -0.206. The highest BCUT2D eigenvalue weighted by molar-refractivity contribution is 5.90. The summed E-state index contributed by atoms with van der Waals surface area (Å²) in [5.41, 5.74) is 0.401. The van der Waals surface area contributed by atoms with Crippen LogP contribution in [-0.4, -0.2) is 29.3 Å². The van der Waals surface area contributed by atoms with E-state index in [0.717, 1.165) is 19.3 Å². The molecule has 140 valence electrons. The number of aliphatic hydroxyl groups excluding tert-OH is 1. The molecule has 1 aromatic rings. The maximum absolute atomic E-state index is 12.7. The first-order valence-corrected chi connectivity index (χ1v) is 8.60. The van der Waals surface area contributed by atoms with Gasteiger partial charge in [-0.05, 0) is 44.9 Å².